The summed E-state index contributed by atoms with van der Waals surface area (Å²) in [6.07, 6.45) is 7.51. The maximum Gasteiger partial charge on any atom is 0.229 e. The molecule has 1 aromatic rings. The molecule has 0 saturated heterocycles. The molecule has 1 aromatic heterocycles. The van der Waals surface area contributed by atoms with Gasteiger partial charge in [0, 0.05) is 12.5 Å². The van der Waals surface area contributed by atoms with Crippen molar-refractivity contribution in [1.82, 2.24) is 15.5 Å². The molecule has 2 atom stereocenters. The number of hydrogen-bond acceptors (Lipinski definition) is 4. The van der Waals surface area contributed by atoms with Crippen LogP contribution in [0.2, 0.25) is 0 Å². The first-order chi connectivity index (χ1) is 9.64. The van der Waals surface area contributed by atoms with Crippen LogP contribution in [0.5, 0.6) is 0 Å². The fourth-order valence-corrected chi connectivity index (χ4v) is 3.83. The Kier molecular flexibility index (Phi) is 2.78. The highest BCUT2D eigenvalue weighted by atomic mass is 16.5. The zero-order valence-corrected chi connectivity index (χ0v) is 12.4. The molecule has 0 spiro atoms. The molecule has 4 heteroatoms. The second kappa shape index (κ2) is 4.42. The molecule has 0 aliphatic heterocycles. The lowest BCUT2D eigenvalue weighted by molar-refractivity contribution is -0.00739. The van der Waals surface area contributed by atoms with Crippen LogP contribution in [0.15, 0.2) is 16.2 Å². The van der Waals surface area contributed by atoms with Crippen molar-refractivity contribution in [3.8, 4) is 0 Å². The van der Waals surface area contributed by atoms with Crippen molar-refractivity contribution in [2.75, 3.05) is 6.54 Å². The Hall–Kier alpha value is -1.16. The maximum atomic E-state index is 5.28. The molecule has 0 radical (unpaired) electrons. The predicted octanol–water partition coefficient (Wildman–Crippen LogP) is 3.03. The maximum absolute atomic E-state index is 5.28. The van der Waals surface area contributed by atoms with E-state index >= 15 is 0 Å². The predicted molar refractivity (Wildman–Crippen MR) is 76.1 cm³/mol. The second-order valence-corrected chi connectivity index (χ2v) is 7.25. The average Bonchev–Trinajstić information content (AvgIpc) is 3.19. The van der Waals surface area contributed by atoms with Crippen molar-refractivity contribution in [1.29, 1.82) is 0 Å². The van der Waals surface area contributed by atoms with Crippen LogP contribution in [0.4, 0.5) is 0 Å². The Morgan fingerprint density at radius 2 is 2.20 bits per heavy atom. The molecule has 20 heavy (non-hydrogen) atoms. The lowest BCUT2D eigenvalue weighted by atomic mass is 9.49. The quantitative estimate of drug-likeness (QED) is 0.838. The van der Waals surface area contributed by atoms with Crippen molar-refractivity contribution in [2.45, 2.75) is 52.0 Å². The van der Waals surface area contributed by atoms with Crippen LogP contribution in [0.25, 0.3) is 0 Å². The van der Waals surface area contributed by atoms with E-state index in [-0.39, 0.29) is 0 Å². The summed E-state index contributed by atoms with van der Waals surface area (Å²) in [5, 5.41) is 7.53. The monoisotopic (exact) mass is 273 g/mol. The fourth-order valence-electron chi connectivity index (χ4n) is 3.83. The number of hydrogen-bond donors (Lipinski definition) is 1. The summed E-state index contributed by atoms with van der Waals surface area (Å²) in [6.45, 7) is 6.51. The van der Waals surface area contributed by atoms with Gasteiger partial charge in [0.05, 0.1) is 6.54 Å². The van der Waals surface area contributed by atoms with Crippen LogP contribution >= 0.6 is 0 Å². The van der Waals surface area contributed by atoms with E-state index in [4.69, 9.17) is 4.52 Å². The summed E-state index contributed by atoms with van der Waals surface area (Å²) in [5.41, 5.74) is 2.10. The summed E-state index contributed by atoms with van der Waals surface area (Å²) in [6, 6.07) is 0. The van der Waals surface area contributed by atoms with E-state index < -0.39 is 0 Å². The third-order valence-corrected chi connectivity index (χ3v) is 5.61. The topological polar surface area (TPSA) is 51.0 Å². The SMILES string of the molecule is CC1(C)[C@H]2CC=C(CNCc3noc(C4CC4)n3)[C@@H]1C2. The zero-order chi connectivity index (χ0) is 13.7. The summed E-state index contributed by atoms with van der Waals surface area (Å²) < 4.78 is 5.28. The van der Waals surface area contributed by atoms with Crippen LogP contribution in [0.3, 0.4) is 0 Å². The van der Waals surface area contributed by atoms with Gasteiger partial charge in [0.15, 0.2) is 5.82 Å². The fraction of sp³-hybridized carbons (Fsp3) is 0.750. The molecule has 1 heterocycles. The molecule has 2 fully saturated rings. The van der Waals surface area contributed by atoms with Crippen LogP contribution < -0.4 is 5.32 Å². The van der Waals surface area contributed by atoms with Crippen LogP contribution in [0, 0.1) is 17.3 Å². The van der Waals surface area contributed by atoms with Gasteiger partial charge in [-0.05, 0) is 42.9 Å². The van der Waals surface area contributed by atoms with E-state index in [9.17, 15) is 0 Å². The van der Waals surface area contributed by atoms with Crippen molar-refractivity contribution in [2.24, 2.45) is 17.3 Å². The molecule has 0 amide bonds. The molecule has 0 aromatic carbocycles. The normalized spacial score (nSPS) is 30.8. The molecular weight excluding hydrogens is 250 g/mol. The van der Waals surface area contributed by atoms with E-state index in [0.717, 1.165) is 30.1 Å². The molecule has 2 saturated carbocycles. The van der Waals surface area contributed by atoms with Gasteiger partial charge in [-0.2, -0.15) is 4.98 Å². The van der Waals surface area contributed by atoms with Crippen molar-refractivity contribution in [3.05, 3.63) is 23.4 Å². The second-order valence-electron chi connectivity index (χ2n) is 7.25. The summed E-state index contributed by atoms with van der Waals surface area (Å²) in [5.74, 6) is 3.87. The van der Waals surface area contributed by atoms with Crippen LogP contribution in [-0.4, -0.2) is 16.7 Å². The van der Waals surface area contributed by atoms with Gasteiger partial charge < -0.3 is 9.84 Å². The first-order valence-corrected chi connectivity index (χ1v) is 7.86. The number of fused-ring (bicyclic) bond motifs is 1. The Balaban J connectivity index is 1.31. The Bertz CT molecular complexity index is 542. The third-order valence-electron chi connectivity index (χ3n) is 5.61. The number of nitrogens with zero attached hydrogens (tertiary/aromatic N) is 2. The number of nitrogens with one attached hydrogen (secondary N) is 1. The van der Waals surface area contributed by atoms with Crippen LogP contribution in [0.1, 0.15) is 57.2 Å². The number of rotatable bonds is 5. The first kappa shape index (κ1) is 12.6. The van der Waals surface area contributed by atoms with Gasteiger partial charge in [-0.15, -0.1) is 0 Å². The van der Waals surface area contributed by atoms with E-state index in [1.165, 1.54) is 25.7 Å². The van der Waals surface area contributed by atoms with Gasteiger partial charge in [0.1, 0.15) is 0 Å². The first-order valence-electron chi connectivity index (χ1n) is 7.86. The standard InChI is InChI=1S/C16H23N3O/c1-16(2)12-6-5-11(13(16)7-12)8-17-9-14-18-15(20-19-14)10-3-4-10/h5,10,12-13,17H,3-4,6-9H2,1-2H3/t12-,13-/m0/s1. The molecule has 5 rings (SSSR count). The van der Waals surface area contributed by atoms with Gasteiger partial charge >= 0.3 is 0 Å². The Labute approximate surface area is 120 Å². The van der Waals surface area contributed by atoms with E-state index in [2.05, 4.69) is 35.4 Å². The van der Waals surface area contributed by atoms with Gasteiger partial charge in [0.2, 0.25) is 5.89 Å². The minimum Gasteiger partial charge on any atom is -0.339 e. The van der Waals surface area contributed by atoms with Crippen molar-refractivity contribution in [3.63, 3.8) is 0 Å². The highest BCUT2D eigenvalue weighted by Gasteiger charge is 2.50. The van der Waals surface area contributed by atoms with E-state index in [0.29, 0.717) is 17.9 Å². The smallest absolute Gasteiger partial charge is 0.229 e. The minimum atomic E-state index is 0.511. The molecule has 4 aliphatic carbocycles. The van der Waals surface area contributed by atoms with Crippen molar-refractivity contribution < 1.29 is 4.52 Å². The molecule has 4 aliphatic rings. The Morgan fingerprint density at radius 1 is 1.35 bits per heavy atom. The lowest BCUT2D eigenvalue weighted by Crippen LogP contribution is -2.49. The number of aromatic nitrogens is 2. The molecular formula is C16H23N3O. The molecule has 2 bridgehead atoms. The summed E-state index contributed by atoms with van der Waals surface area (Å²) >= 11 is 0. The molecule has 0 unspecified atom stereocenters. The van der Waals surface area contributed by atoms with Gasteiger partial charge in [-0.1, -0.05) is 30.7 Å². The highest BCUT2D eigenvalue weighted by molar-refractivity contribution is 5.24. The Morgan fingerprint density at radius 3 is 2.90 bits per heavy atom. The molecule has 108 valence electrons. The van der Waals surface area contributed by atoms with Gasteiger partial charge in [0.25, 0.3) is 0 Å². The largest absolute Gasteiger partial charge is 0.339 e. The van der Waals surface area contributed by atoms with Crippen LogP contribution in [-0.2, 0) is 6.54 Å². The van der Waals surface area contributed by atoms with E-state index in [1.807, 2.05) is 0 Å². The van der Waals surface area contributed by atoms with Gasteiger partial charge in [-0.25, -0.2) is 0 Å². The molecule has 4 nitrogen and oxygen atoms in total. The molecule has 1 N–H and O–H groups in total. The van der Waals surface area contributed by atoms with Crippen molar-refractivity contribution >= 4 is 0 Å². The zero-order valence-electron chi connectivity index (χ0n) is 12.4. The summed E-state index contributed by atoms with van der Waals surface area (Å²) in [4.78, 5) is 4.45. The highest BCUT2D eigenvalue weighted by Crippen LogP contribution is 2.58. The minimum absolute atomic E-state index is 0.511. The van der Waals surface area contributed by atoms with Gasteiger partial charge in [-0.3, -0.25) is 0 Å². The average molecular weight is 273 g/mol. The third kappa shape index (κ3) is 2.01. The summed E-state index contributed by atoms with van der Waals surface area (Å²) in [7, 11) is 0. The number of allylic oxidation sites excluding steroid dienone is 1. The van der Waals surface area contributed by atoms with E-state index in [1.54, 1.807) is 5.57 Å². The lowest BCUT2D eigenvalue weighted by Gasteiger charge is -2.56.